The normalized spacial score (nSPS) is 19.3. The van der Waals surface area contributed by atoms with Crippen LogP contribution in [0.5, 0.6) is 0 Å². The summed E-state index contributed by atoms with van der Waals surface area (Å²) in [6.07, 6.45) is 3.59. The molecule has 0 radical (unpaired) electrons. The Morgan fingerprint density at radius 1 is 1.27 bits per heavy atom. The van der Waals surface area contributed by atoms with Crippen LogP contribution in [0.1, 0.15) is 18.0 Å². The van der Waals surface area contributed by atoms with Crippen LogP contribution >= 0.6 is 0 Å². The van der Waals surface area contributed by atoms with Gasteiger partial charge in [-0.25, -0.2) is 4.98 Å². The number of amides is 1. The van der Waals surface area contributed by atoms with Crippen LogP contribution in [-0.2, 0) is 11.3 Å². The zero-order valence-corrected chi connectivity index (χ0v) is 12.8. The zero-order valence-electron chi connectivity index (χ0n) is 12.8. The Bertz CT molecular complexity index is 598. The monoisotopic (exact) mass is 299 g/mol. The molecule has 6 nitrogen and oxygen atoms in total. The van der Waals surface area contributed by atoms with Crippen LogP contribution < -0.4 is 0 Å². The van der Waals surface area contributed by atoms with Gasteiger partial charge in [-0.1, -0.05) is 30.3 Å². The van der Waals surface area contributed by atoms with Crippen molar-refractivity contribution in [2.75, 3.05) is 26.7 Å². The standard InChI is InChI=1S/C16H21N5O/c1-19-9-10-21(15(11-19)14-5-3-2-4-6-14)16(22)7-8-20-13-17-12-18-20/h2-6,12-13,15H,7-11H2,1H3/t15-/m0/s1. The van der Waals surface area contributed by atoms with Crippen LogP contribution in [0.15, 0.2) is 43.0 Å². The molecule has 3 rings (SSSR count). The summed E-state index contributed by atoms with van der Waals surface area (Å²) in [6.45, 7) is 3.14. The Labute approximate surface area is 130 Å². The van der Waals surface area contributed by atoms with E-state index in [0.717, 1.165) is 19.6 Å². The third-order valence-corrected chi connectivity index (χ3v) is 4.11. The molecular formula is C16H21N5O. The van der Waals surface area contributed by atoms with Crippen molar-refractivity contribution in [3.63, 3.8) is 0 Å². The summed E-state index contributed by atoms with van der Waals surface area (Å²) in [5, 5.41) is 4.05. The molecule has 0 spiro atoms. The van der Waals surface area contributed by atoms with E-state index in [4.69, 9.17) is 0 Å². The van der Waals surface area contributed by atoms with Crippen LogP contribution in [0.3, 0.4) is 0 Å². The first-order valence-electron chi connectivity index (χ1n) is 7.59. The molecule has 1 amide bonds. The number of piperazine rings is 1. The maximum atomic E-state index is 12.6. The number of rotatable bonds is 4. The molecule has 0 N–H and O–H groups in total. The second kappa shape index (κ2) is 6.70. The van der Waals surface area contributed by atoms with Gasteiger partial charge in [0.1, 0.15) is 12.7 Å². The smallest absolute Gasteiger partial charge is 0.225 e. The van der Waals surface area contributed by atoms with Crippen LogP contribution in [0.2, 0.25) is 0 Å². The zero-order chi connectivity index (χ0) is 15.4. The number of likely N-dealkylation sites (N-methyl/N-ethyl adjacent to an activating group) is 1. The number of aryl methyl sites for hydroxylation is 1. The van der Waals surface area contributed by atoms with Crippen molar-refractivity contribution >= 4 is 5.91 Å². The van der Waals surface area contributed by atoms with E-state index in [9.17, 15) is 4.79 Å². The van der Waals surface area contributed by atoms with Gasteiger partial charge in [0.2, 0.25) is 5.91 Å². The van der Waals surface area contributed by atoms with E-state index in [0.29, 0.717) is 13.0 Å². The molecule has 1 atom stereocenters. The third kappa shape index (κ3) is 3.33. The maximum Gasteiger partial charge on any atom is 0.225 e. The average molecular weight is 299 g/mol. The number of hydrogen-bond acceptors (Lipinski definition) is 4. The lowest BCUT2D eigenvalue weighted by Crippen LogP contribution is -2.49. The molecule has 1 saturated heterocycles. The minimum atomic E-state index is 0.128. The van der Waals surface area contributed by atoms with Gasteiger partial charge in [0.25, 0.3) is 0 Å². The highest BCUT2D eigenvalue weighted by molar-refractivity contribution is 5.76. The van der Waals surface area contributed by atoms with Crippen LogP contribution in [0, 0.1) is 0 Å². The quantitative estimate of drug-likeness (QED) is 0.851. The Morgan fingerprint density at radius 3 is 2.82 bits per heavy atom. The van der Waals surface area contributed by atoms with E-state index in [1.807, 2.05) is 23.1 Å². The van der Waals surface area contributed by atoms with Gasteiger partial charge in [-0.2, -0.15) is 5.10 Å². The maximum absolute atomic E-state index is 12.6. The molecule has 22 heavy (non-hydrogen) atoms. The lowest BCUT2D eigenvalue weighted by molar-refractivity contribution is -0.136. The van der Waals surface area contributed by atoms with E-state index in [2.05, 4.69) is 34.2 Å². The molecule has 2 aromatic rings. The molecule has 0 aliphatic carbocycles. The number of carbonyl (C=O) groups excluding carboxylic acids is 1. The number of benzene rings is 1. The minimum Gasteiger partial charge on any atom is -0.333 e. The summed E-state index contributed by atoms with van der Waals surface area (Å²) in [5.41, 5.74) is 1.20. The molecule has 0 saturated carbocycles. The van der Waals surface area contributed by atoms with Gasteiger partial charge >= 0.3 is 0 Å². The van der Waals surface area contributed by atoms with Crippen molar-refractivity contribution in [1.29, 1.82) is 0 Å². The molecule has 0 unspecified atom stereocenters. The first-order valence-corrected chi connectivity index (χ1v) is 7.59. The average Bonchev–Trinajstić information content (AvgIpc) is 3.07. The van der Waals surface area contributed by atoms with Crippen molar-refractivity contribution in [3.05, 3.63) is 48.5 Å². The largest absolute Gasteiger partial charge is 0.333 e. The van der Waals surface area contributed by atoms with Gasteiger partial charge in [0, 0.05) is 26.1 Å². The van der Waals surface area contributed by atoms with E-state index >= 15 is 0 Å². The molecule has 0 bridgehead atoms. The topological polar surface area (TPSA) is 54.3 Å². The lowest BCUT2D eigenvalue weighted by Gasteiger charge is -2.40. The highest BCUT2D eigenvalue weighted by Crippen LogP contribution is 2.25. The summed E-state index contributed by atoms with van der Waals surface area (Å²) >= 11 is 0. The number of carbonyl (C=O) groups is 1. The first kappa shape index (κ1) is 14.7. The molecule has 1 aliphatic heterocycles. The van der Waals surface area contributed by atoms with Gasteiger partial charge in [0.15, 0.2) is 0 Å². The Balaban J connectivity index is 1.70. The van der Waals surface area contributed by atoms with E-state index in [1.165, 1.54) is 11.9 Å². The molecule has 1 aromatic heterocycles. The fourth-order valence-electron chi connectivity index (χ4n) is 2.88. The SMILES string of the molecule is CN1CCN(C(=O)CCn2cncn2)[C@H](c2ccccc2)C1. The third-order valence-electron chi connectivity index (χ3n) is 4.11. The summed E-state index contributed by atoms with van der Waals surface area (Å²) < 4.78 is 1.70. The van der Waals surface area contributed by atoms with Gasteiger partial charge in [0.05, 0.1) is 12.6 Å². The van der Waals surface area contributed by atoms with Gasteiger partial charge < -0.3 is 9.80 Å². The lowest BCUT2D eigenvalue weighted by atomic mass is 10.0. The van der Waals surface area contributed by atoms with Crippen molar-refractivity contribution in [3.8, 4) is 0 Å². The van der Waals surface area contributed by atoms with Gasteiger partial charge in [-0.15, -0.1) is 0 Å². The second-order valence-corrected chi connectivity index (χ2v) is 5.68. The molecule has 2 heterocycles. The van der Waals surface area contributed by atoms with E-state index < -0.39 is 0 Å². The molecule has 1 aromatic carbocycles. The predicted octanol–water partition coefficient (Wildman–Crippen LogP) is 1.18. The van der Waals surface area contributed by atoms with Gasteiger partial charge in [-0.3, -0.25) is 9.48 Å². The molecule has 116 valence electrons. The van der Waals surface area contributed by atoms with Crippen molar-refractivity contribution in [1.82, 2.24) is 24.6 Å². The summed E-state index contributed by atoms with van der Waals surface area (Å²) in [7, 11) is 2.10. The summed E-state index contributed by atoms with van der Waals surface area (Å²) in [6, 6.07) is 10.4. The number of aromatic nitrogens is 3. The van der Waals surface area contributed by atoms with E-state index in [1.54, 1.807) is 11.0 Å². The van der Waals surface area contributed by atoms with Gasteiger partial charge in [-0.05, 0) is 12.6 Å². The highest BCUT2D eigenvalue weighted by Gasteiger charge is 2.29. The summed E-state index contributed by atoms with van der Waals surface area (Å²) in [5.74, 6) is 0.178. The van der Waals surface area contributed by atoms with Crippen molar-refractivity contribution in [2.24, 2.45) is 0 Å². The fraction of sp³-hybridized carbons (Fsp3) is 0.438. The Kier molecular flexibility index (Phi) is 4.48. The predicted molar refractivity (Wildman–Crippen MR) is 83.0 cm³/mol. The Morgan fingerprint density at radius 2 is 2.09 bits per heavy atom. The highest BCUT2D eigenvalue weighted by atomic mass is 16.2. The van der Waals surface area contributed by atoms with Crippen LogP contribution in [-0.4, -0.2) is 57.2 Å². The first-order chi connectivity index (χ1) is 10.7. The second-order valence-electron chi connectivity index (χ2n) is 5.68. The van der Waals surface area contributed by atoms with E-state index in [-0.39, 0.29) is 11.9 Å². The number of nitrogens with zero attached hydrogens (tertiary/aromatic N) is 5. The van der Waals surface area contributed by atoms with Crippen molar-refractivity contribution in [2.45, 2.75) is 19.0 Å². The fourth-order valence-corrected chi connectivity index (χ4v) is 2.88. The number of hydrogen-bond donors (Lipinski definition) is 0. The molecule has 6 heteroatoms. The van der Waals surface area contributed by atoms with Crippen molar-refractivity contribution < 1.29 is 4.79 Å². The van der Waals surface area contributed by atoms with Crippen LogP contribution in [0.4, 0.5) is 0 Å². The van der Waals surface area contributed by atoms with Crippen LogP contribution in [0.25, 0.3) is 0 Å². The molecule has 1 fully saturated rings. The molecular weight excluding hydrogens is 278 g/mol. The summed E-state index contributed by atoms with van der Waals surface area (Å²) in [4.78, 5) is 20.8. The minimum absolute atomic E-state index is 0.128. The molecule has 1 aliphatic rings. The Hall–Kier alpha value is -2.21.